The Bertz CT molecular complexity index is 584. The number of aryl methyl sites for hydroxylation is 1. The molecule has 5 nitrogen and oxygen atoms in total. The van der Waals surface area contributed by atoms with Crippen LogP contribution in [0.4, 0.5) is 11.4 Å². The number of aromatic nitrogens is 2. The lowest BCUT2D eigenvalue weighted by Gasteiger charge is -2.12. The molecule has 0 spiro atoms. The fourth-order valence-corrected chi connectivity index (χ4v) is 1.82. The van der Waals surface area contributed by atoms with Gasteiger partial charge in [0, 0.05) is 12.2 Å². The van der Waals surface area contributed by atoms with Gasteiger partial charge in [0.25, 0.3) is 5.91 Å². The maximum Gasteiger partial charge on any atom is 0.257 e. The smallest absolute Gasteiger partial charge is 0.257 e. The minimum atomic E-state index is -0.165. The molecule has 0 unspecified atom stereocenters. The summed E-state index contributed by atoms with van der Waals surface area (Å²) in [5.41, 5.74) is 3.09. The summed E-state index contributed by atoms with van der Waals surface area (Å²) in [4.78, 5) is 20.1. The fourth-order valence-electron chi connectivity index (χ4n) is 1.82. The third-order valence-corrected chi connectivity index (χ3v) is 2.80. The maximum absolute atomic E-state index is 12.3. The van der Waals surface area contributed by atoms with Gasteiger partial charge in [-0.05, 0) is 25.5 Å². The maximum atomic E-state index is 12.3. The van der Waals surface area contributed by atoms with Gasteiger partial charge in [-0.1, -0.05) is 18.6 Å². The molecule has 0 aliphatic carbocycles. The predicted octanol–water partition coefficient (Wildman–Crippen LogP) is 2.86. The van der Waals surface area contributed by atoms with Crippen LogP contribution in [0.3, 0.4) is 0 Å². The van der Waals surface area contributed by atoms with E-state index in [9.17, 15) is 4.79 Å². The lowest BCUT2D eigenvalue weighted by Crippen LogP contribution is -2.15. The van der Waals surface area contributed by atoms with Crippen molar-refractivity contribution in [2.75, 3.05) is 17.2 Å². The highest BCUT2D eigenvalue weighted by Crippen LogP contribution is 2.19. The van der Waals surface area contributed by atoms with Crippen molar-refractivity contribution in [3.63, 3.8) is 0 Å². The molecular weight excluding hydrogens is 252 g/mol. The van der Waals surface area contributed by atoms with E-state index in [0.29, 0.717) is 11.3 Å². The van der Waals surface area contributed by atoms with Crippen molar-refractivity contribution in [1.29, 1.82) is 0 Å². The van der Waals surface area contributed by atoms with Crippen molar-refractivity contribution < 1.29 is 4.79 Å². The third-order valence-electron chi connectivity index (χ3n) is 2.80. The van der Waals surface area contributed by atoms with E-state index in [1.165, 1.54) is 6.33 Å². The number of carbonyl (C=O) groups is 1. The zero-order chi connectivity index (χ0) is 14.4. The number of carbonyl (C=O) groups excluding carboxylic acids is 1. The van der Waals surface area contributed by atoms with Crippen LogP contribution in [0.2, 0.25) is 0 Å². The van der Waals surface area contributed by atoms with Crippen LogP contribution < -0.4 is 10.6 Å². The van der Waals surface area contributed by atoms with Crippen molar-refractivity contribution in [2.45, 2.75) is 20.3 Å². The average molecular weight is 270 g/mol. The second kappa shape index (κ2) is 6.65. The highest BCUT2D eigenvalue weighted by atomic mass is 16.1. The molecule has 104 valence electrons. The summed E-state index contributed by atoms with van der Waals surface area (Å²) >= 11 is 0. The molecule has 0 atom stereocenters. The van der Waals surface area contributed by atoms with Gasteiger partial charge in [-0.3, -0.25) is 4.79 Å². The highest BCUT2D eigenvalue weighted by Gasteiger charge is 2.12. The summed E-state index contributed by atoms with van der Waals surface area (Å²) < 4.78 is 0. The monoisotopic (exact) mass is 270 g/mol. The summed E-state index contributed by atoms with van der Waals surface area (Å²) in [5.74, 6) is -0.165. The predicted molar refractivity (Wildman–Crippen MR) is 79.9 cm³/mol. The Labute approximate surface area is 118 Å². The number of hydrogen-bond acceptors (Lipinski definition) is 4. The van der Waals surface area contributed by atoms with Gasteiger partial charge in [-0.2, -0.15) is 0 Å². The summed E-state index contributed by atoms with van der Waals surface area (Å²) in [5, 5.41) is 6.06. The van der Waals surface area contributed by atoms with Crippen molar-refractivity contribution >= 4 is 17.3 Å². The Morgan fingerprint density at radius 3 is 2.70 bits per heavy atom. The number of hydrogen-bond donors (Lipinski definition) is 2. The van der Waals surface area contributed by atoms with E-state index in [4.69, 9.17) is 0 Å². The van der Waals surface area contributed by atoms with Crippen molar-refractivity contribution in [3.8, 4) is 0 Å². The van der Waals surface area contributed by atoms with Crippen LogP contribution in [-0.4, -0.2) is 22.4 Å². The Morgan fingerprint density at radius 2 is 2.00 bits per heavy atom. The minimum absolute atomic E-state index is 0.165. The van der Waals surface area contributed by atoms with Gasteiger partial charge in [-0.15, -0.1) is 0 Å². The quantitative estimate of drug-likeness (QED) is 0.876. The normalized spacial score (nSPS) is 10.1. The first-order valence-corrected chi connectivity index (χ1v) is 6.61. The zero-order valence-electron chi connectivity index (χ0n) is 11.7. The zero-order valence-corrected chi connectivity index (χ0v) is 11.7. The van der Waals surface area contributed by atoms with Gasteiger partial charge < -0.3 is 10.6 Å². The molecule has 0 radical (unpaired) electrons. The Balaban J connectivity index is 2.21. The molecule has 1 aromatic heterocycles. The van der Waals surface area contributed by atoms with E-state index in [2.05, 4.69) is 27.5 Å². The fraction of sp³-hybridized carbons (Fsp3) is 0.267. The van der Waals surface area contributed by atoms with Gasteiger partial charge >= 0.3 is 0 Å². The van der Waals surface area contributed by atoms with E-state index in [0.717, 1.165) is 24.2 Å². The van der Waals surface area contributed by atoms with Crippen molar-refractivity contribution in [1.82, 2.24) is 9.97 Å². The van der Waals surface area contributed by atoms with Gasteiger partial charge in [0.1, 0.15) is 6.33 Å². The second-order valence-corrected chi connectivity index (χ2v) is 4.56. The average Bonchev–Trinajstić information content (AvgIpc) is 2.47. The summed E-state index contributed by atoms with van der Waals surface area (Å²) in [6.07, 6.45) is 5.57. The lowest BCUT2D eigenvalue weighted by atomic mass is 10.1. The van der Waals surface area contributed by atoms with Gasteiger partial charge in [0.15, 0.2) is 0 Å². The molecule has 1 heterocycles. The molecule has 2 rings (SSSR count). The van der Waals surface area contributed by atoms with Gasteiger partial charge in [0.05, 0.1) is 23.6 Å². The van der Waals surface area contributed by atoms with Crippen LogP contribution in [0, 0.1) is 6.92 Å². The van der Waals surface area contributed by atoms with Crippen molar-refractivity contribution in [2.24, 2.45) is 0 Å². The molecule has 20 heavy (non-hydrogen) atoms. The second-order valence-electron chi connectivity index (χ2n) is 4.56. The number of anilines is 2. The van der Waals surface area contributed by atoms with Gasteiger partial charge in [-0.25, -0.2) is 9.97 Å². The summed E-state index contributed by atoms with van der Waals surface area (Å²) in [7, 11) is 0. The molecule has 2 N–H and O–H groups in total. The molecule has 0 bridgehead atoms. The van der Waals surface area contributed by atoms with Crippen LogP contribution in [0.25, 0.3) is 0 Å². The van der Waals surface area contributed by atoms with E-state index in [1.807, 2.05) is 25.1 Å². The summed E-state index contributed by atoms with van der Waals surface area (Å²) in [6, 6.07) is 5.79. The molecule has 0 fully saturated rings. The minimum Gasteiger partial charge on any atom is -0.384 e. The SMILES string of the molecule is CCCNc1ccc(C)cc1C(=O)Nc1cncnc1. The number of benzene rings is 1. The van der Waals surface area contributed by atoms with E-state index in [-0.39, 0.29) is 5.91 Å². The molecule has 1 aromatic carbocycles. The number of nitrogens with zero attached hydrogens (tertiary/aromatic N) is 2. The molecule has 0 saturated heterocycles. The molecule has 2 aromatic rings. The first kappa shape index (κ1) is 14.0. The number of amides is 1. The lowest BCUT2D eigenvalue weighted by molar-refractivity contribution is 0.102. The van der Waals surface area contributed by atoms with Crippen LogP contribution in [0.1, 0.15) is 29.3 Å². The first-order valence-electron chi connectivity index (χ1n) is 6.61. The largest absolute Gasteiger partial charge is 0.384 e. The molecule has 0 aliphatic rings. The molecule has 5 heteroatoms. The Kier molecular flexibility index (Phi) is 4.65. The van der Waals surface area contributed by atoms with Crippen LogP contribution in [-0.2, 0) is 0 Å². The van der Waals surface area contributed by atoms with E-state index >= 15 is 0 Å². The van der Waals surface area contributed by atoms with Gasteiger partial charge in [0.2, 0.25) is 0 Å². The molecule has 0 aliphatic heterocycles. The number of nitrogens with one attached hydrogen (secondary N) is 2. The molecule has 1 amide bonds. The number of rotatable bonds is 5. The molecule has 0 saturated carbocycles. The summed E-state index contributed by atoms with van der Waals surface area (Å²) in [6.45, 7) is 4.88. The molecular formula is C15H18N4O. The third kappa shape index (κ3) is 3.54. The van der Waals surface area contributed by atoms with E-state index < -0.39 is 0 Å². The Morgan fingerprint density at radius 1 is 1.25 bits per heavy atom. The topological polar surface area (TPSA) is 66.9 Å². The van der Waals surface area contributed by atoms with Crippen LogP contribution >= 0.6 is 0 Å². The van der Waals surface area contributed by atoms with Crippen LogP contribution in [0.15, 0.2) is 36.9 Å². The standard InChI is InChI=1S/C15H18N4O/c1-3-6-18-14-5-4-11(2)7-13(14)15(20)19-12-8-16-10-17-9-12/h4-5,7-10,18H,3,6H2,1-2H3,(H,19,20). The van der Waals surface area contributed by atoms with Crippen molar-refractivity contribution in [3.05, 3.63) is 48.0 Å². The first-order chi connectivity index (χ1) is 9.70. The Hall–Kier alpha value is -2.43. The van der Waals surface area contributed by atoms with Crippen LogP contribution in [0.5, 0.6) is 0 Å². The highest BCUT2D eigenvalue weighted by molar-refractivity contribution is 6.08. The van der Waals surface area contributed by atoms with E-state index in [1.54, 1.807) is 12.4 Å².